The minimum atomic E-state index is -0.969. The van der Waals surface area contributed by atoms with Crippen molar-refractivity contribution in [3.63, 3.8) is 0 Å². The fraction of sp³-hybridized carbons (Fsp3) is 0.222. The molecule has 0 aliphatic carbocycles. The summed E-state index contributed by atoms with van der Waals surface area (Å²) in [6, 6.07) is 13.5. The van der Waals surface area contributed by atoms with Crippen LogP contribution in [0.3, 0.4) is 0 Å². The summed E-state index contributed by atoms with van der Waals surface area (Å²) in [6.07, 6.45) is 5.55. The molecule has 0 radical (unpaired) electrons. The molecule has 0 saturated carbocycles. The lowest BCUT2D eigenvalue weighted by Gasteiger charge is -2.06. The molecule has 0 aliphatic heterocycles. The molecule has 1 atom stereocenters. The molecule has 3 aromatic rings. The number of hydrogen-bond donors (Lipinski definition) is 1. The van der Waals surface area contributed by atoms with Gasteiger partial charge < -0.3 is 5.32 Å². The molecule has 1 aromatic carbocycles. The lowest BCUT2D eigenvalue weighted by atomic mass is 10.1. The van der Waals surface area contributed by atoms with E-state index < -0.39 is 10.8 Å². The second kappa shape index (κ2) is 7.99. The molecule has 1 N–H and O–H groups in total. The number of nitrogens with zero attached hydrogens (tertiary/aromatic N) is 3. The van der Waals surface area contributed by atoms with Crippen molar-refractivity contribution in [2.24, 2.45) is 7.05 Å². The van der Waals surface area contributed by atoms with Gasteiger partial charge >= 0.3 is 0 Å². The average molecular weight is 340 g/mol. The zero-order valence-corrected chi connectivity index (χ0v) is 14.4. The second-order valence-electron chi connectivity index (χ2n) is 5.45. The molecular weight excluding hydrogens is 320 g/mol. The van der Waals surface area contributed by atoms with Gasteiger partial charge in [-0.05, 0) is 24.3 Å². The summed E-state index contributed by atoms with van der Waals surface area (Å²) in [6.45, 7) is 1.38. The van der Waals surface area contributed by atoms with E-state index in [9.17, 15) is 4.21 Å². The van der Waals surface area contributed by atoms with Gasteiger partial charge in [0.05, 0.1) is 16.5 Å². The van der Waals surface area contributed by atoms with Crippen molar-refractivity contribution in [2.75, 3.05) is 12.3 Å². The van der Waals surface area contributed by atoms with E-state index in [1.165, 1.54) is 0 Å². The Morgan fingerprint density at radius 1 is 1.12 bits per heavy atom. The van der Waals surface area contributed by atoms with E-state index in [0.717, 1.165) is 21.7 Å². The first kappa shape index (κ1) is 16.5. The van der Waals surface area contributed by atoms with Gasteiger partial charge in [-0.1, -0.05) is 18.2 Å². The smallest absolute Gasteiger partial charge is 0.0969 e. The van der Waals surface area contributed by atoms with Crippen LogP contribution in [-0.2, 0) is 24.4 Å². The van der Waals surface area contributed by atoms with Crippen molar-refractivity contribution in [3.8, 4) is 11.3 Å². The highest BCUT2D eigenvalue weighted by atomic mass is 32.2. The van der Waals surface area contributed by atoms with Gasteiger partial charge in [0.2, 0.25) is 0 Å². The van der Waals surface area contributed by atoms with Gasteiger partial charge in [0.1, 0.15) is 0 Å². The Hall–Kier alpha value is -2.31. The summed E-state index contributed by atoms with van der Waals surface area (Å²) >= 11 is 0. The van der Waals surface area contributed by atoms with Gasteiger partial charge in [0.25, 0.3) is 0 Å². The van der Waals surface area contributed by atoms with Crippen molar-refractivity contribution in [1.29, 1.82) is 0 Å². The zero-order valence-electron chi connectivity index (χ0n) is 13.6. The van der Waals surface area contributed by atoms with Crippen molar-refractivity contribution in [2.45, 2.75) is 11.4 Å². The predicted molar refractivity (Wildman–Crippen MR) is 95.9 cm³/mol. The standard InChI is InChI=1S/C18H20N4OS/c1-22-14-16(18(21-22)15-7-9-19-10-8-15)13-20-11-12-24(23)17-5-3-2-4-6-17/h2-10,14,20H,11-13H2,1H3/t24-/m1/s1. The van der Waals surface area contributed by atoms with Crippen molar-refractivity contribution < 1.29 is 4.21 Å². The summed E-state index contributed by atoms with van der Waals surface area (Å²) in [5, 5.41) is 7.90. The van der Waals surface area contributed by atoms with Gasteiger partial charge in [0, 0.05) is 60.5 Å². The number of rotatable bonds is 7. The van der Waals surface area contributed by atoms with Crippen LogP contribution < -0.4 is 5.32 Å². The molecule has 0 unspecified atom stereocenters. The van der Waals surface area contributed by atoms with Crippen molar-refractivity contribution in [1.82, 2.24) is 20.1 Å². The highest BCUT2D eigenvalue weighted by molar-refractivity contribution is 7.85. The highest BCUT2D eigenvalue weighted by Gasteiger charge is 2.10. The summed E-state index contributed by atoms with van der Waals surface area (Å²) in [4.78, 5) is 4.92. The SMILES string of the molecule is Cn1cc(CNCC[S@@](=O)c2ccccc2)c(-c2ccncc2)n1. The number of aromatic nitrogens is 3. The van der Waals surface area contributed by atoms with Gasteiger partial charge in [-0.25, -0.2) is 0 Å². The van der Waals surface area contributed by atoms with Crippen LogP contribution in [0.5, 0.6) is 0 Å². The third kappa shape index (κ3) is 4.15. The van der Waals surface area contributed by atoms with Crippen LogP contribution in [-0.4, -0.2) is 31.3 Å². The number of aryl methyl sites for hydroxylation is 1. The maximum absolute atomic E-state index is 12.2. The topological polar surface area (TPSA) is 59.8 Å². The summed E-state index contributed by atoms with van der Waals surface area (Å²) < 4.78 is 14.0. The van der Waals surface area contributed by atoms with Gasteiger partial charge in [-0.3, -0.25) is 13.9 Å². The van der Waals surface area contributed by atoms with Crippen molar-refractivity contribution >= 4 is 10.8 Å². The van der Waals surface area contributed by atoms with Crippen LogP contribution in [0.4, 0.5) is 0 Å². The van der Waals surface area contributed by atoms with Gasteiger partial charge in [-0.15, -0.1) is 0 Å². The largest absolute Gasteiger partial charge is 0.312 e. The second-order valence-corrected chi connectivity index (χ2v) is 7.02. The van der Waals surface area contributed by atoms with Crippen LogP contribution in [0.1, 0.15) is 5.56 Å². The molecule has 5 nitrogen and oxygen atoms in total. The minimum Gasteiger partial charge on any atom is -0.312 e. The number of nitrogens with one attached hydrogen (secondary N) is 1. The van der Waals surface area contributed by atoms with E-state index in [-0.39, 0.29) is 0 Å². The molecule has 2 aromatic heterocycles. The molecule has 0 amide bonds. The predicted octanol–water partition coefficient (Wildman–Crippen LogP) is 2.38. The minimum absolute atomic E-state index is 0.592. The molecule has 0 fully saturated rings. The third-order valence-corrected chi connectivity index (χ3v) is 5.02. The summed E-state index contributed by atoms with van der Waals surface area (Å²) in [5.74, 6) is 0.592. The Labute approximate surface area is 144 Å². The van der Waals surface area contributed by atoms with E-state index in [2.05, 4.69) is 15.4 Å². The fourth-order valence-electron chi connectivity index (χ4n) is 2.50. The van der Waals surface area contributed by atoms with Crippen LogP contribution >= 0.6 is 0 Å². The van der Waals surface area contributed by atoms with E-state index in [1.54, 1.807) is 12.4 Å². The Morgan fingerprint density at radius 3 is 2.62 bits per heavy atom. The summed E-state index contributed by atoms with van der Waals surface area (Å²) in [5.41, 5.74) is 3.13. The number of hydrogen-bond acceptors (Lipinski definition) is 4. The fourth-order valence-corrected chi connectivity index (χ4v) is 3.52. The molecule has 6 heteroatoms. The van der Waals surface area contributed by atoms with Crippen LogP contribution in [0, 0.1) is 0 Å². The summed E-state index contributed by atoms with van der Waals surface area (Å²) in [7, 11) is 0.946. The van der Waals surface area contributed by atoms with E-state index in [4.69, 9.17) is 0 Å². The van der Waals surface area contributed by atoms with Gasteiger partial charge in [-0.2, -0.15) is 5.10 Å². The van der Waals surface area contributed by atoms with Crippen LogP contribution in [0.2, 0.25) is 0 Å². The number of benzene rings is 1. The Kier molecular flexibility index (Phi) is 5.51. The molecule has 2 heterocycles. The molecule has 24 heavy (non-hydrogen) atoms. The highest BCUT2D eigenvalue weighted by Crippen LogP contribution is 2.20. The Morgan fingerprint density at radius 2 is 1.88 bits per heavy atom. The van der Waals surface area contributed by atoms with E-state index >= 15 is 0 Å². The monoisotopic (exact) mass is 340 g/mol. The Bertz CT molecular complexity index is 802. The molecule has 0 bridgehead atoms. The van der Waals surface area contributed by atoms with Crippen LogP contribution in [0.15, 0.2) is 66.0 Å². The Balaban J connectivity index is 1.57. The molecule has 0 aliphatic rings. The molecule has 0 saturated heterocycles. The van der Waals surface area contributed by atoms with Crippen LogP contribution in [0.25, 0.3) is 11.3 Å². The van der Waals surface area contributed by atoms with Gasteiger partial charge in [0.15, 0.2) is 0 Å². The first-order valence-electron chi connectivity index (χ1n) is 7.81. The zero-order chi connectivity index (χ0) is 16.8. The normalized spacial score (nSPS) is 12.2. The lowest BCUT2D eigenvalue weighted by Crippen LogP contribution is -2.20. The first-order chi connectivity index (χ1) is 11.7. The quantitative estimate of drug-likeness (QED) is 0.671. The molecule has 124 valence electrons. The maximum Gasteiger partial charge on any atom is 0.0969 e. The lowest BCUT2D eigenvalue weighted by molar-refractivity contribution is 0.673. The molecular formula is C18H20N4OS. The average Bonchev–Trinajstić information content (AvgIpc) is 3.01. The van der Waals surface area contributed by atoms with Crippen molar-refractivity contribution in [3.05, 3.63) is 66.6 Å². The number of pyridine rings is 1. The first-order valence-corrected chi connectivity index (χ1v) is 9.13. The van der Waals surface area contributed by atoms with E-state index in [1.807, 2.05) is 60.4 Å². The molecule has 3 rings (SSSR count). The maximum atomic E-state index is 12.2. The molecule has 0 spiro atoms. The van der Waals surface area contributed by atoms with E-state index in [0.29, 0.717) is 18.8 Å². The third-order valence-electron chi connectivity index (χ3n) is 3.64.